The number of rotatable bonds is 4. The number of hydrogen-bond donors (Lipinski definition) is 1. The summed E-state index contributed by atoms with van der Waals surface area (Å²) in [5.74, 6) is -0.322. The van der Waals surface area contributed by atoms with Crippen LogP contribution in [0.3, 0.4) is 0 Å². The van der Waals surface area contributed by atoms with Gasteiger partial charge in [-0.05, 0) is 18.6 Å². The second-order valence-electron chi connectivity index (χ2n) is 4.66. The van der Waals surface area contributed by atoms with Crippen LogP contribution < -0.4 is 5.73 Å². The molecule has 0 saturated heterocycles. The summed E-state index contributed by atoms with van der Waals surface area (Å²) in [6.45, 7) is 1.75. The molecule has 0 amide bonds. The molecule has 1 unspecified atom stereocenters. The van der Waals surface area contributed by atoms with E-state index >= 15 is 0 Å². The van der Waals surface area contributed by atoms with Gasteiger partial charge in [0.1, 0.15) is 10.7 Å². The van der Waals surface area contributed by atoms with Crippen molar-refractivity contribution in [2.24, 2.45) is 5.73 Å². The van der Waals surface area contributed by atoms with E-state index in [1.807, 2.05) is 0 Å². The third kappa shape index (κ3) is 3.89. The van der Waals surface area contributed by atoms with Crippen molar-refractivity contribution >= 4 is 17.1 Å². The minimum Gasteiger partial charge on any atom is -0.322 e. The number of carbonyl (C=O) groups excluding carboxylic acids is 1. The summed E-state index contributed by atoms with van der Waals surface area (Å²) in [5.41, 5.74) is 5.45. The van der Waals surface area contributed by atoms with Gasteiger partial charge in [0.05, 0.1) is 11.6 Å². The zero-order valence-corrected chi connectivity index (χ0v) is 12.0. The predicted molar refractivity (Wildman–Crippen MR) is 74.2 cm³/mol. The molecule has 1 aromatic carbocycles. The topological polar surface area (TPSA) is 56.0 Å². The first-order chi connectivity index (χ1) is 9.77. The van der Waals surface area contributed by atoms with Crippen molar-refractivity contribution in [3.8, 4) is 0 Å². The maximum Gasteiger partial charge on any atom is 0.416 e. The molecule has 112 valence electrons. The maximum atomic E-state index is 12.6. The van der Waals surface area contributed by atoms with Crippen LogP contribution in [0.25, 0.3) is 0 Å². The number of Topliss-reactive ketones (excluding diaryl/α,β-unsaturated/α-hetero) is 1. The smallest absolute Gasteiger partial charge is 0.322 e. The fraction of sp³-hybridized carbons (Fsp3) is 0.286. The number of ketones is 1. The average molecular weight is 314 g/mol. The number of nitrogens with zero attached hydrogens (tertiary/aromatic N) is 1. The molecule has 1 atom stereocenters. The van der Waals surface area contributed by atoms with E-state index in [1.54, 1.807) is 12.3 Å². The number of hydrogen-bond acceptors (Lipinski definition) is 4. The Morgan fingerprint density at radius 3 is 2.71 bits per heavy atom. The van der Waals surface area contributed by atoms with Crippen LogP contribution in [0.4, 0.5) is 13.2 Å². The molecule has 2 aromatic rings. The highest BCUT2D eigenvalue weighted by Crippen LogP contribution is 2.29. The molecular weight excluding hydrogens is 301 g/mol. The van der Waals surface area contributed by atoms with Gasteiger partial charge < -0.3 is 5.73 Å². The summed E-state index contributed by atoms with van der Waals surface area (Å²) < 4.78 is 37.8. The second-order valence-corrected chi connectivity index (χ2v) is 5.55. The van der Waals surface area contributed by atoms with E-state index in [-0.39, 0.29) is 23.9 Å². The van der Waals surface area contributed by atoms with Gasteiger partial charge >= 0.3 is 6.18 Å². The van der Waals surface area contributed by atoms with E-state index in [9.17, 15) is 18.0 Å². The lowest BCUT2D eigenvalue weighted by Crippen LogP contribution is -2.09. The second kappa shape index (κ2) is 5.95. The minimum atomic E-state index is -4.41. The fourth-order valence-electron chi connectivity index (χ4n) is 1.76. The molecule has 0 aliphatic rings. The molecule has 0 spiro atoms. The van der Waals surface area contributed by atoms with Crippen molar-refractivity contribution in [1.82, 2.24) is 4.98 Å². The van der Waals surface area contributed by atoms with Crippen molar-refractivity contribution in [2.75, 3.05) is 0 Å². The van der Waals surface area contributed by atoms with Gasteiger partial charge in [0.15, 0.2) is 5.78 Å². The van der Waals surface area contributed by atoms with Crippen LogP contribution in [-0.4, -0.2) is 10.8 Å². The van der Waals surface area contributed by atoms with Crippen LogP contribution in [0, 0.1) is 0 Å². The van der Waals surface area contributed by atoms with Gasteiger partial charge in [-0.3, -0.25) is 4.79 Å². The van der Waals surface area contributed by atoms with Crippen LogP contribution in [0.1, 0.15) is 39.6 Å². The van der Waals surface area contributed by atoms with E-state index in [1.165, 1.54) is 23.5 Å². The molecule has 1 aromatic heterocycles. The predicted octanol–water partition coefficient (Wildman–Crippen LogP) is 3.61. The van der Waals surface area contributed by atoms with Crippen LogP contribution in [0.5, 0.6) is 0 Å². The average Bonchev–Trinajstić information content (AvgIpc) is 2.88. The monoisotopic (exact) mass is 314 g/mol. The molecule has 0 aliphatic carbocycles. The molecule has 7 heteroatoms. The summed E-state index contributed by atoms with van der Waals surface area (Å²) in [7, 11) is 0. The highest BCUT2D eigenvalue weighted by atomic mass is 32.1. The summed E-state index contributed by atoms with van der Waals surface area (Å²) in [6.07, 6.45) is -4.53. The van der Waals surface area contributed by atoms with Crippen LogP contribution in [-0.2, 0) is 12.6 Å². The molecular formula is C14H13F3N2OS. The van der Waals surface area contributed by atoms with E-state index in [2.05, 4.69) is 4.98 Å². The van der Waals surface area contributed by atoms with Crippen molar-refractivity contribution in [3.05, 3.63) is 51.5 Å². The maximum absolute atomic E-state index is 12.6. The summed E-state index contributed by atoms with van der Waals surface area (Å²) in [6, 6.07) is 4.47. The zero-order valence-electron chi connectivity index (χ0n) is 11.1. The third-order valence-electron chi connectivity index (χ3n) is 2.82. The molecule has 21 heavy (non-hydrogen) atoms. The molecule has 2 N–H and O–H groups in total. The van der Waals surface area contributed by atoms with E-state index in [0.717, 1.165) is 12.1 Å². The lowest BCUT2D eigenvalue weighted by molar-refractivity contribution is -0.137. The lowest BCUT2D eigenvalue weighted by atomic mass is 10.0. The quantitative estimate of drug-likeness (QED) is 0.877. The molecule has 2 rings (SSSR count). The Morgan fingerprint density at radius 2 is 2.14 bits per heavy atom. The molecule has 0 radical (unpaired) electrons. The Labute approximate surface area is 123 Å². The number of carbonyl (C=O) groups is 1. The van der Waals surface area contributed by atoms with Gasteiger partial charge in [-0.1, -0.05) is 18.2 Å². The van der Waals surface area contributed by atoms with Crippen LogP contribution in [0.15, 0.2) is 29.6 Å². The molecule has 0 bridgehead atoms. The minimum absolute atomic E-state index is 0.119. The molecule has 0 aliphatic heterocycles. The lowest BCUT2D eigenvalue weighted by Gasteiger charge is -2.08. The Bertz CT molecular complexity index is 650. The van der Waals surface area contributed by atoms with E-state index < -0.39 is 11.7 Å². The number of nitrogens with two attached hydrogens (primary N) is 1. The molecule has 0 saturated carbocycles. The first-order valence-corrected chi connectivity index (χ1v) is 7.05. The Balaban J connectivity index is 2.15. The summed E-state index contributed by atoms with van der Waals surface area (Å²) in [5, 5.41) is 2.21. The molecule has 3 nitrogen and oxygen atoms in total. The highest BCUT2D eigenvalue weighted by Gasteiger charge is 2.30. The van der Waals surface area contributed by atoms with Crippen LogP contribution in [0.2, 0.25) is 0 Å². The summed E-state index contributed by atoms with van der Waals surface area (Å²) in [4.78, 5) is 16.1. The first kappa shape index (κ1) is 15.7. The number of halogens is 3. The van der Waals surface area contributed by atoms with Gasteiger partial charge in [0.25, 0.3) is 0 Å². The van der Waals surface area contributed by atoms with Crippen molar-refractivity contribution < 1.29 is 18.0 Å². The standard InChI is InChI=1S/C14H13F3N2OS/c1-8(18)13-19-11(7-21-13)12(20)6-9-3-2-4-10(5-9)14(15,16)17/h2-5,7-8H,6,18H2,1H3. The number of alkyl halides is 3. The van der Waals surface area contributed by atoms with Gasteiger partial charge in [-0.15, -0.1) is 11.3 Å². The Kier molecular flexibility index (Phi) is 4.43. The highest BCUT2D eigenvalue weighted by molar-refractivity contribution is 7.09. The fourth-order valence-corrected chi connectivity index (χ4v) is 2.54. The summed E-state index contributed by atoms with van der Waals surface area (Å²) >= 11 is 1.27. The van der Waals surface area contributed by atoms with Gasteiger partial charge in [-0.2, -0.15) is 13.2 Å². The Hall–Kier alpha value is -1.73. The van der Waals surface area contributed by atoms with Gasteiger partial charge in [0.2, 0.25) is 0 Å². The zero-order chi connectivity index (χ0) is 15.6. The largest absolute Gasteiger partial charge is 0.416 e. The first-order valence-electron chi connectivity index (χ1n) is 6.17. The van der Waals surface area contributed by atoms with Gasteiger partial charge in [0, 0.05) is 11.8 Å². The van der Waals surface area contributed by atoms with Gasteiger partial charge in [-0.25, -0.2) is 4.98 Å². The SMILES string of the molecule is CC(N)c1nc(C(=O)Cc2cccc(C(F)(F)F)c2)cs1. The van der Waals surface area contributed by atoms with Crippen LogP contribution >= 0.6 is 11.3 Å². The number of thiazole rings is 1. The van der Waals surface area contributed by atoms with Crippen molar-refractivity contribution in [3.63, 3.8) is 0 Å². The van der Waals surface area contributed by atoms with E-state index in [4.69, 9.17) is 5.73 Å². The third-order valence-corrected chi connectivity index (χ3v) is 3.86. The molecule has 1 heterocycles. The normalized spacial score (nSPS) is 13.2. The Morgan fingerprint density at radius 1 is 1.43 bits per heavy atom. The number of aromatic nitrogens is 1. The van der Waals surface area contributed by atoms with E-state index in [0.29, 0.717) is 10.6 Å². The number of benzene rings is 1. The van der Waals surface area contributed by atoms with Crippen molar-refractivity contribution in [2.45, 2.75) is 25.6 Å². The van der Waals surface area contributed by atoms with Crippen molar-refractivity contribution in [1.29, 1.82) is 0 Å². The molecule has 0 fully saturated rings.